The number of aryl methyl sites for hydroxylation is 1. The third-order valence-electron chi connectivity index (χ3n) is 7.70. The van der Waals surface area contributed by atoms with Crippen molar-refractivity contribution in [1.29, 1.82) is 0 Å². The Kier molecular flexibility index (Phi) is 7.27. The Bertz CT molecular complexity index is 1390. The average Bonchev–Trinajstić information content (AvgIpc) is 3.37. The molecule has 0 spiro atoms. The Labute approximate surface area is 230 Å². The van der Waals surface area contributed by atoms with E-state index in [1.54, 1.807) is 6.07 Å². The van der Waals surface area contributed by atoms with Gasteiger partial charge in [0.15, 0.2) is 0 Å². The van der Waals surface area contributed by atoms with Gasteiger partial charge in [0.1, 0.15) is 11.2 Å². The van der Waals surface area contributed by atoms with Crippen LogP contribution >= 0.6 is 0 Å². The zero-order valence-electron chi connectivity index (χ0n) is 23.9. The van der Waals surface area contributed by atoms with Gasteiger partial charge >= 0.3 is 6.09 Å². The third-order valence-corrected chi connectivity index (χ3v) is 7.70. The molecule has 2 fully saturated rings. The van der Waals surface area contributed by atoms with Crippen LogP contribution in [0.5, 0.6) is 0 Å². The molecule has 2 aromatic heterocycles. The predicted octanol–water partition coefficient (Wildman–Crippen LogP) is 5.79. The van der Waals surface area contributed by atoms with Gasteiger partial charge < -0.3 is 15.0 Å². The van der Waals surface area contributed by atoms with Gasteiger partial charge in [-0.3, -0.25) is 14.3 Å². The van der Waals surface area contributed by atoms with Crippen molar-refractivity contribution in [1.82, 2.24) is 19.4 Å². The van der Waals surface area contributed by atoms with Gasteiger partial charge in [-0.15, -0.1) is 0 Å². The summed E-state index contributed by atoms with van der Waals surface area (Å²) in [5.74, 6) is 0.472. The number of aromatic nitrogens is 3. The van der Waals surface area contributed by atoms with E-state index in [9.17, 15) is 9.59 Å². The second kappa shape index (κ2) is 10.5. The van der Waals surface area contributed by atoms with Gasteiger partial charge in [0.25, 0.3) is 5.56 Å². The van der Waals surface area contributed by atoms with E-state index in [-0.39, 0.29) is 29.8 Å². The van der Waals surface area contributed by atoms with Gasteiger partial charge in [0.2, 0.25) is 5.95 Å². The normalized spacial score (nSPS) is 20.5. The number of pyridine rings is 1. The lowest BCUT2D eigenvalue weighted by Gasteiger charge is -2.45. The number of amides is 1. The molecule has 39 heavy (non-hydrogen) atoms. The van der Waals surface area contributed by atoms with Crippen LogP contribution in [0, 0.1) is 6.92 Å². The lowest BCUT2D eigenvalue weighted by molar-refractivity contribution is 0.00566. The van der Waals surface area contributed by atoms with E-state index >= 15 is 0 Å². The summed E-state index contributed by atoms with van der Waals surface area (Å²) in [5.41, 5.74) is 3.05. The smallest absolute Gasteiger partial charge is 0.410 e. The molecule has 1 saturated heterocycles. The number of nitrogens with one attached hydrogen (secondary N) is 1. The first-order chi connectivity index (χ1) is 18.5. The molecule has 1 aliphatic carbocycles. The summed E-state index contributed by atoms with van der Waals surface area (Å²) < 4.78 is 7.50. The standard InChI is InChI=1S/C30H40N6O3/c1-19-15-26(37)36(24-9-7-8-10-24)27-25(19)16-31-28(33-27)32-22-11-13-23(14-12-22)34-17-20(2)35(21(3)18-34)29(38)39-30(4,5)6/h11-16,20-21,24H,7-10,17-18H2,1-6H3,(H,31,32,33). The van der Waals surface area contributed by atoms with E-state index in [0.29, 0.717) is 11.6 Å². The molecule has 3 aromatic rings. The van der Waals surface area contributed by atoms with Crippen LogP contribution in [-0.4, -0.2) is 56.3 Å². The van der Waals surface area contributed by atoms with Crippen LogP contribution in [0.15, 0.2) is 41.3 Å². The first kappa shape index (κ1) is 27.0. The van der Waals surface area contributed by atoms with Crippen LogP contribution in [-0.2, 0) is 4.74 Å². The van der Waals surface area contributed by atoms with Gasteiger partial charge in [0, 0.05) is 48.2 Å². The van der Waals surface area contributed by atoms with Gasteiger partial charge in [-0.2, -0.15) is 4.98 Å². The Morgan fingerprint density at radius 2 is 1.69 bits per heavy atom. The second-order valence-corrected chi connectivity index (χ2v) is 12.1. The number of nitrogens with zero attached hydrogens (tertiary/aromatic N) is 5. The summed E-state index contributed by atoms with van der Waals surface area (Å²) >= 11 is 0. The number of piperazine rings is 1. The van der Waals surface area contributed by atoms with Crippen LogP contribution < -0.4 is 15.8 Å². The number of anilines is 3. The van der Waals surface area contributed by atoms with Crippen molar-refractivity contribution in [3.63, 3.8) is 0 Å². The number of carbonyl (C=O) groups is 1. The van der Waals surface area contributed by atoms with E-state index in [0.717, 1.165) is 61.1 Å². The Morgan fingerprint density at radius 3 is 2.31 bits per heavy atom. The van der Waals surface area contributed by atoms with E-state index < -0.39 is 5.60 Å². The van der Waals surface area contributed by atoms with Crippen molar-refractivity contribution >= 4 is 34.4 Å². The fourth-order valence-corrected chi connectivity index (χ4v) is 5.94. The molecule has 1 saturated carbocycles. The number of hydrogen-bond donors (Lipinski definition) is 1. The zero-order chi connectivity index (χ0) is 27.9. The molecule has 9 nitrogen and oxygen atoms in total. The monoisotopic (exact) mass is 532 g/mol. The molecule has 2 atom stereocenters. The van der Waals surface area contributed by atoms with Crippen LogP contribution in [0.4, 0.5) is 22.1 Å². The Hall–Kier alpha value is -3.62. The molecule has 1 aliphatic heterocycles. The summed E-state index contributed by atoms with van der Waals surface area (Å²) in [7, 11) is 0. The number of fused-ring (bicyclic) bond motifs is 1. The van der Waals surface area contributed by atoms with E-state index in [1.807, 2.05) is 55.5 Å². The second-order valence-electron chi connectivity index (χ2n) is 12.1. The summed E-state index contributed by atoms with van der Waals surface area (Å²) in [6.07, 6.45) is 5.85. The molecule has 5 rings (SSSR count). The molecule has 208 valence electrons. The maximum atomic E-state index is 12.9. The highest BCUT2D eigenvalue weighted by Crippen LogP contribution is 2.31. The predicted molar refractivity (Wildman–Crippen MR) is 155 cm³/mol. The summed E-state index contributed by atoms with van der Waals surface area (Å²) in [5, 5.41) is 4.23. The summed E-state index contributed by atoms with van der Waals surface area (Å²) in [6, 6.07) is 10.1. The highest BCUT2D eigenvalue weighted by Gasteiger charge is 2.35. The van der Waals surface area contributed by atoms with E-state index in [2.05, 4.69) is 41.2 Å². The number of ether oxygens (including phenoxy) is 1. The molecule has 1 amide bonds. The molecule has 9 heteroatoms. The molecular formula is C30H40N6O3. The number of rotatable bonds is 4. The van der Waals surface area contributed by atoms with Crippen LogP contribution in [0.2, 0.25) is 0 Å². The number of carbonyl (C=O) groups excluding carboxylic acids is 1. The van der Waals surface area contributed by atoms with Crippen LogP contribution in [0.1, 0.15) is 71.9 Å². The first-order valence-corrected chi connectivity index (χ1v) is 14.0. The van der Waals surface area contributed by atoms with Crippen LogP contribution in [0.25, 0.3) is 11.0 Å². The largest absolute Gasteiger partial charge is 0.444 e. The molecule has 0 radical (unpaired) electrons. The topological polar surface area (TPSA) is 92.6 Å². The van der Waals surface area contributed by atoms with Crippen molar-refractivity contribution in [2.75, 3.05) is 23.3 Å². The minimum atomic E-state index is -0.516. The molecule has 1 N–H and O–H groups in total. The van der Waals surface area contributed by atoms with E-state index in [1.165, 1.54) is 0 Å². The summed E-state index contributed by atoms with van der Waals surface area (Å²) in [6.45, 7) is 13.2. The fraction of sp³-hybridized carbons (Fsp3) is 0.533. The molecule has 2 aliphatic rings. The Balaban J connectivity index is 1.31. The fourth-order valence-electron chi connectivity index (χ4n) is 5.94. The molecule has 0 bridgehead atoms. The van der Waals surface area contributed by atoms with Crippen molar-refractivity contribution in [3.8, 4) is 0 Å². The Morgan fingerprint density at radius 1 is 1.05 bits per heavy atom. The maximum Gasteiger partial charge on any atom is 0.410 e. The van der Waals surface area contributed by atoms with Gasteiger partial charge in [-0.05, 0) is 84.2 Å². The molecule has 1 aromatic carbocycles. The quantitative estimate of drug-likeness (QED) is 0.454. The van der Waals surface area contributed by atoms with Crippen molar-refractivity contribution < 1.29 is 9.53 Å². The highest BCUT2D eigenvalue weighted by molar-refractivity contribution is 5.79. The molecular weight excluding hydrogens is 492 g/mol. The van der Waals surface area contributed by atoms with Crippen molar-refractivity contribution in [3.05, 3.63) is 52.4 Å². The van der Waals surface area contributed by atoms with Crippen molar-refractivity contribution in [2.24, 2.45) is 0 Å². The first-order valence-electron chi connectivity index (χ1n) is 14.0. The minimum absolute atomic E-state index is 0.0103. The minimum Gasteiger partial charge on any atom is -0.444 e. The third kappa shape index (κ3) is 5.72. The van der Waals surface area contributed by atoms with Crippen molar-refractivity contribution in [2.45, 2.75) is 91.0 Å². The van der Waals surface area contributed by atoms with Crippen LogP contribution in [0.3, 0.4) is 0 Å². The van der Waals surface area contributed by atoms with Gasteiger partial charge in [-0.25, -0.2) is 9.78 Å². The molecule has 3 heterocycles. The zero-order valence-corrected chi connectivity index (χ0v) is 23.9. The van der Waals surface area contributed by atoms with E-state index in [4.69, 9.17) is 9.72 Å². The highest BCUT2D eigenvalue weighted by atomic mass is 16.6. The SMILES string of the molecule is Cc1cc(=O)n(C2CCCC2)c2nc(Nc3ccc(N4CC(C)N(C(=O)OC(C)(C)C)C(C)C4)cc3)ncc12. The lowest BCUT2D eigenvalue weighted by Crippen LogP contribution is -2.59. The van der Waals surface area contributed by atoms with Gasteiger partial charge in [-0.1, -0.05) is 12.8 Å². The number of benzene rings is 1. The lowest BCUT2D eigenvalue weighted by atomic mass is 10.1. The maximum absolute atomic E-state index is 12.9. The number of hydrogen-bond acceptors (Lipinski definition) is 7. The average molecular weight is 533 g/mol. The summed E-state index contributed by atoms with van der Waals surface area (Å²) in [4.78, 5) is 39.2. The molecule has 2 unspecified atom stereocenters. The van der Waals surface area contributed by atoms with Gasteiger partial charge in [0.05, 0.1) is 12.1 Å².